The van der Waals surface area contributed by atoms with E-state index in [1.54, 1.807) is 0 Å². The fourth-order valence-electron chi connectivity index (χ4n) is 3.93. The minimum Gasteiger partial charge on any atom is -0.327 e. The smallest absolute Gasteiger partial charge is 0.157 e. The summed E-state index contributed by atoms with van der Waals surface area (Å²) in [6, 6.07) is 20.9. The van der Waals surface area contributed by atoms with E-state index in [-0.39, 0.29) is 0 Å². The van der Waals surface area contributed by atoms with Gasteiger partial charge in [0.1, 0.15) is 11.9 Å². The highest BCUT2D eigenvalue weighted by Gasteiger charge is 2.23. The maximum absolute atomic E-state index is 9.85. The van der Waals surface area contributed by atoms with Gasteiger partial charge in [-0.2, -0.15) is 5.26 Å². The van der Waals surface area contributed by atoms with E-state index in [0.29, 0.717) is 5.56 Å². The lowest BCUT2D eigenvalue weighted by Crippen LogP contribution is -2.22. The Morgan fingerprint density at radius 1 is 1.04 bits per heavy atom. The molecule has 2 aromatic carbocycles. The molecule has 134 valence electrons. The molecule has 4 aromatic rings. The van der Waals surface area contributed by atoms with Crippen LogP contribution in [0.5, 0.6) is 0 Å². The van der Waals surface area contributed by atoms with Crippen molar-refractivity contribution in [3.05, 3.63) is 71.3 Å². The zero-order valence-corrected chi connectivity index (χ0v) is 15.9. The van der Waals surface area contributed by atoms with Crippen molar-refractivity contribution in [2.75, 3.05) is 11.4 Å². The van der Waals surface area contributed by atoms with Crippen LogP contribution in [0.1, 0.15) is 30.5 Å². The third kappa shape index (κ3) is 2.55. The van der Waals surface area contributed by atoms with Crippen molar-refractivity contribution < 1.29 is 0 Å². The van der Waals surface area contributed by atoms with Gasteiger partial charge < -0.3 is 4.90 Å². The first-order chi connectivity index (χ1) is 13.2. The second-order valence-corrected chi connectivity index (χ2v) is 6.61. The molecule has 2 aromatic heterocycles. The van der Waals surface area contributed by atoms with Crippen LogP contribution in [0.3, 0.4) is 0 Å². The minimum atomic E-state index is 0.663. The lowest BCUT2D eigenvalue weighted by atomic mass is 10.0. The normalized spacial score (nSPS) is 11.0. The number of imidazole rings is 1. The van der Waals surface area contributed by atoms with Crippen LogP contribution in [-0.2, 0) is 6.42 Å². The molecule has 27 heavy (non-hydrogen) atoms. The Morgan fingerprint density at radius 2 is 1.74 bits per heavy atom. The van der Waals surface area contributed by atoms with E-state index in [9.17, 15) is 5.26 Å². The average molecular weight is 354 g/mol. The maximum atomic E-state index is 9.85. The summed E-state index contributed by atoms with van der Waals surface area (Å²) in [5.74, 6) is 1.10. The summed E-state index contributed by atoms with van der Waals surface area (Å²) < 4.78 is 2.16. The van der Waals surface area contributed by atoms with Gasteiger partial charge in [-0.1, -0.05) is 37.3 Å². The zero-order valence-electron chi connectivity index (χ0n) is 15.9. The van der Waals surface area contributed by atoms with E-state index in [0.717, 1.165) is 46.7 Å². The molecule has 4 rings (SSSR count). The standard InChI is InChI=1S/C23H22N4/c1-4-18-16(3)19(15-24)22-25-20-13-9-10-14-21(20)27(22)23(18)26(5-2)17-11-7-6-8-12-17/h6-14H,4-5H2,1-3H3. The number of aromatic nitrogens is 2. The van der Waals surface area contributed by atoms with Crippen molar-refractivity contribution in [2.45, 2.75) is 27.2 Å². The maximum Gasteiger partial charge on any atom is 0.157 e. The molecule has 4 heteroatoms. The molecule has 0 aliphatic heterocycles. The predicted molar refractivity (Wildman–Crippen MR) is 111 cm³/mol. The fourth-order valence-corrected chi connectivity index (χ4v) is 3.93. The molecule has 2 heterocycles. The Kier molecular flexibility index (Phi) is 4.29. The number of rotatable bonds is 4. The van der Waals surface area contributed by atoms with E-state index < -0.39 is 0 Å². The molecule has 0 spiro atoms. The Labute approximate surface area is 159 Å². The van der Waals surface area contributed by atoms with Crippen LogP contribution in [0.15, 0.2) is 54.6 Å². The zero-order chi connectivity index (χ0) is 19.0. The van der Waals surface area contributed by atoms with Crippen molar-refractivity contribution in [1.82, 2.24) is 9.38 Å². The SMILES string of the molecule is CCc1c(C)c(C#N)c2nc3ccccc3n2c1N(CC)c1ccccc1. The van der Waals surface area contributed by atoms with Crippen molar-refractivity contribution >= 4 is 28.2 Å². The van der Waals surface area contributed by atoms with Crippen LogP contribution in [0, 0.1) is 18.3 Å². The van der Waals surface area contributed by atoms with Crippen LogP contribution in [0.4, 0.5) is 11.5 Å². The Morgan fingerprint density at radius 3 is 2.41 bits per heavy atom. The summed E-state index contributed by atoms with van der Waals surface area (Å²) in [6.45, 7) is 7.17. The summed E-state index contributed by atoms with van der Waals surface area (Å²) >= 11 is 0. The monoisotopic (exact) mass is 354 g/mol. The van der Waals surface area contributed by atoms with Crippen molar-refractivity contribution in [3.63, 3.8) is 0 Å². The average Bonchev–Trinajstić information content (AvgIpc) is 3.08. The van der Waals surface area contributed by atoms with Crippen molar-refractivity contribution in [2.24, 2.45) is 0 Å². The highest BCUT2D eigenvalue weighted by Crippen LogP contribution is 2.36. The van der Waals surface area contributed by atoms with Crippen LogP contribution < -0.4 is 4.90 Å². The molecule has 0 atom stereocenters. The molecule has 0 aliphatic rings. The summed E-state index contributed by atoms with van der Waals surface area (Å²) in [5.41, 5.74) is 6.68. The number of nitriles is 1. The summed E-state index contributed by atoms with van der Waals surface area (Å²) in [6.07, 6.45) is 0.849. The van der Waals surface area contributed by atoms with Gasteiger partial charge in [0.2, 0.25) is 0 Å². The molecule has 0 saturated heterocycles. The van der Waals surface area contributed by atoms with Gasteiger partial charge in [0.25, 0.3) is 0 Å². The quantitative estimate of drug-likeness (QED) is 0.494. The number of anilines is 2. The Balaban J connectivity index is 2.20. The number of fused-ring (bicyclic) bond motifs is 3. The number of para-hydroxylation sites is 3. The topological polar surface area (TPSA) is 44.3 Å². The van der Waals surface area contributed by atoms with Crippen LogP contribution in [0.25, 0.3) is 16.7 Å². The third-order valence-electron chi connectivity index (χ3n) is 5.20. The third-order valence-corrected chi connectivity index (χ3v) is 5.20. The van der Waals surface area contributed by atoms with Gasteiger partial charge in [0, 0.05) is 12.2 Å². The number of nitrogens with zero attached hydrogens (tertiary/aromatic N) is 4. The second-order valence-electron chi connectivity index (χ2n) is 6.61. The van der Waals surface area contributed by atoms with E-state index in [4.69, 9.17) is 4.98 Å². The first kappa shape index (κ1) is 17.1. The number of hydrogen-bond acceptors (Lipinski definition) is 3. The molecule has 0 radical (unpaired) electrons. The van der Waals surface area contributed by atoms with Gasteiger partial charge >= 0.3 is 0 Å². The van der Waals surface area contributed by atoms with Gasteiger partial charge in [-0.05, 0) is 55.7 Å². The summed E-state index contributed by atoms with van der Waals surface area (Å²) in [4.78, 5) is 7.12. The highest BCUT2D eigenvalue weighted by atomic mass is 15.2. The van der Waals surface area contributed by atoms with Gasteiger partial charge in [-0.3, -0.25) is 4.40 Å². The first-order valence-corrected chi connectivity index (χ1v) is 9.36. The lowest BCUT2D eigenvalue weighted by molar-refractivity contribution is 0.936. The van der Waals surface area contributed by atoms with Crippen LogP contribution in [-0.4, -0.2) is 15.9 Å². The molecule has 0 fully saturated rings. The Hall–Kier alpha value is -3.32. The van der Waals surface area contributed by atoms with E-state index in [2.05, 4.69) is 59.5 Å². The van der Waals surface area contributed by atoms with Gasteiger partial charge in [0.05, 0.1) is 16.6 Å². The molecule has 0 N–H and O–H groups in total. The predicted octanol–water partition coefficient (Wildman–Crippen LogP) is 5.39. The van der Waals surface area contributed by atoms with E-state index >= 15 is 0 Å². The number of pyridine rings is 1. The number of hydrogen-bond donors (Lipinski definition) is 0. The minimum absolute atomic E-state index is 0.663. The Bertz CT molecular complexity index is 1170. The molecule has 0 unspecified atom stereocenters. The van der Waals surface area contributed by atoms with Gasteiger partial charge in [-0.25, -0.2) is 4.98 Å². The van der Waals surface area contributed by atoms with Gasteiger partial charge in [-0.15, -0.1) is 0 Å². The first-order valence-electron chi connectivity index (χ1n) is 9.36. The highest BCUT2D eigenvalue weighted by molar-refractivity contribution is 5.87. The molecule has 4 nitrogen and oxygen atoms in total. The summed E-state index contributed by atoms with van der Waals surface area (Å²) in [7, 11) is 0. The molecule has 0 bridgehead atoms. The van der Waals surface area contributed by atoms with Crippen LogP contribution >= 0.6 is 0 Å². The largest absolute Gasteiger partial charge is 0.327 e. The molecule has 0 saturated carbocycles. The molecule has 0 amide bonds. The summed E-state index contributed by atoms with van der Waals surface area (Å²) in [5, 5.41) is 9.85. The lowest BCUT2D eigenvalue weighted by Gasteiger charge is -2.28. The van der Waals surface area contributed by atoms with Crippen LogP contribution in [0.2, 0.25) is 0 Å². The van der Waals surface area contributed by atoms with Crippen molar-refractivity contribution in [3.8, 4) is 6.07 Å². The van der Waals surface area contributed by atoms with Crippen molar-refractivity contribution in [1.29, 1.82) is 5.26 Å². The fraction of sp³-hybridized carbons (Fsp3) is 0.217. The van der Waals surface area contributed by atoms with E-state index in [1.165, 1.54) is 5.56 Å². The number of benzene rings is 2. The second kappa shape index (κ2) is 6.77. The van der Waals surface area contributed by atoms with E-state index in [1.807, 2.05) is 31.2 Å². The molecular formula is C23H22N4. The van der Waals surface area contributed by atoms with Gasteiger partial charge in [0.15, 0.2) is 5.65 Å². The molecular weight excluding hydrogens is 332 g/mol. The molecule has 0 aliphatic carbocycles.